The van der Waals surface area contributed by atoms with E-state index in [2.05, 4.69) is 46.5 Å². The summed E-state index contributed by atoms with van der Waals surface area (Å²) in [6.07, 6.45) is 1.67. The Morgan fingerprint density at radius 1 is 1.07 bits per heavy atom. The maximum absolute atomic E-state index is 8.95. The number of nitrogens with zero attached hydrogens (tertiary/aromatic N) is 3. The van der Waals surface area contributed by atoms with Crippen molar-refractivity contribution in [2.75, 3.05) is 23.8 Å². The van der Waals surface area contributed by atoms with Gasteiger partial charge in [0.25, 0.3) is 0 Å². The monoisotopic (exact) mass is 456 g/mol. The first-order chi connectivity index (χ1) is 13.7. The lowest BCUT2D eigenvalue weighted by atomic mass is 10.3. The fourth-order valence-corrected chi connectivity index (χ4v) is 3.68. The minimum absolute atomic E-state index is 0.0313. The minimum atomic E-state index is 0.0313. The van der Waals surface area contributed by atoms with Gasteiger partial charge in [-0.15, -0.1) is 0 Å². The number of fused-ring (bicyclic) bond motifs is 1. The van der Waals surface area contributed by atoms with Crippen LogP contribution in [0.4, 0.5) is 17.5 Å². The largest absolute Gasteiger partial charge is 0.395 e. The molecule has 0 saturated heterocycles. The second-order valence-electron chi connectivity index (χ2n) is 5.85. The van der Waals surface area contributed by atoms with Gasteiger partial charge in [-0.2, -0.15) is 4.98 Å². The maximum atomic E-state index is 8.95. The molecular formula is C19H17BrN6OS. The van der Waals surface area contributed by atoms with E-state index in [-0.39, 0.29) is 6.61 Å². The van der Waals surface area contributed by atoms with Crippen molar-refractivity contribution in [1.29, 1.82) is 0 Å². The molecule has 0 aliphatic rings. The van der Waals surface area contributed by atoms with E-state index in [4.69, 9.17) is 5.11 Å². The quantitative estimate of drug-likeness (QED) is 0.326. The van der Waals surface area contributed by atoms with Crippen molar-refractivity contribution in [3.05, 3.63) is 59.2 Å². The minimum Gasteiger partial charge on any atom is -0.395 e. The number of halogens is 1. The van der Waals surface area contributed by atoms with E-state index >= 15 is 0 Å². The van der Waals surface area contributed by atoms with Gasteiger partial charge in [-0.1, -0.05) is 23.9 Å². The van der Waals surface area contributed by atoms with Crippen LogP contribution in [0.2, 0.25) is 0 Å². The van der Waals surface area contributed by atoms with Crippen LogP contribution in [0.1, 0.15) is 0 Å². The van der Waals surface area contributed by atoms with Gasteiger partial charge in [-0.3, -0.25) is 0 Å². The van der Waals surface area contributed by atoms with Gasteiger partial charge in [0, 0.05) is 23.3 Å². The molecule has 0 radical (unpaired) electrons. The van der Waals surface area contributed by atoms with Crippen LogP contribution in [0.25, 0.3) is 11.0 Å². The molecule has 4 N–H and O–H groups in total. The molecule has 0 saturated carbocycles. The summed E-state index contributed by atoms with van der Waals surface area (Å²) >= 11 is 4.97. The number of hydrogen-bond acceptors (Lipinski definition) is 7. The molecule has 4 rings (SSSR count). The number of para-hydroxylation sites is 2. The summed E-state index contributed by atoms with van der Waals surface area (Å²) in [5, 5.41) is 16.0. The molecule has 0 amide bonds. The molecule has 0 bridgehead atoms. The number of aromatic nitrogens is 4. The molecule has 0 aliphatic carbocycles. The zero-order valence-corrected chi connectivity index (χ0v) is 17.1. The smallest absolute Gasteiger partial charge is 0.229 e. The predicted octanol–water partition coefficient (Wildman–Crippen LogP) is 4.41. The molecule has 2 aromatic heterocycles. The van der Waals surface area contributed by atoms with Gasteiger partial charge in [-0.05, 0) is 52.3 Å². The predicted molar refractivity (Wildman–Crippen MR) is 115 cm³/mol. The number of imidazole rings is 1. The zero-order valence-electron chi connectivity index (χ0n) is 14.7. The molecular weight excluding hydrogens is 440 g/mol. The van der Waals surface area contributed by atoms with Crippen molar-refractivity contribution in [3.63, 3.8) is 0 Å². The Morgan fingerprint density at radius 3 is 2.68 bits per heavy atom. The summed E-state index contributed by atoms with van der Waals surface area (Å²) in [5.41, 5.74) is 2.87. The molecule has 142 valence electrons. The first kappa shape index (κ1) is 18.7. The molecule has 2 heterocycles. The van der Waals surface area contributed by atoms with E-state index in [1.807, 2.05) is 48.5 Å². The topological polar surface area (TPSA) is 98.7 Å². The SMILES string of the molecule is OCCNc1nc(Nc2ccc(Sc3nc4ccccc4[nH]3)cc2)ncc1Br. The van der Waals surface area contributed by atoms with E-state index < -0.39 is 0 Å². The van der Waals surface area contributed by atoms with Gasteiger partial charge >= 0.3 is 0 Å². The number of aliphatic hydroxyl groups excluding tert-OH is 1. The average molecular weight is 457 g/mol. The van der Waals surface area contributed by atoms with Crippen LogP contribution in [0.3, 0.4) is 0 Å². The number of rotatable bonds is 7. The highest BCUT2D eigenvalue weighted by atomic mass is 79.9. The van der Waals surface area contributed by atoms with Gasteiger partial charge in [0.2, 0.25) is 5.95 Å². The summed E-state index contributed by atoms with van der Waals surface area (Å²) in [7, 11) is 0. The van der Waals surface area contributed by atoms with E-state index in [9.17, 15) is 0 Å². The average Bonchev–Trinajstić information content (AvgIpc) is 3.12. The molecule has 0 unspecified atom stereocenters. The third-order valence-electron chi connectivity index (χ3n) is 3.84. The Labute approximate surface area is 174 Å². The van der Waals surface area contributed by atoms with E-state index in [0.29, 0.717) is 18.3 Å². The Morgan fingerprint density at radius 2 is 1.89 bits per heavy atom. The van der Waals surface area contributed by atoms with Crippen LogP contribution in [0, 0.1) is 0 Å². The molecule has 4 aromatic rings. The number of hydrogen-bond donors (Lipinski definition) is 4. The summed E-state index contributed by atoms with van der Waals surface area (Å²) in [6.45, 7) is 0.451. The lowest BCUT2D eigenvalue weighted by Gasteiger charge is -2.09. The highest BCUT2D eigenvalue weighted by Gasteiger charge is 2.07. The number of aromatic amines is 1. The standard InChI is InChI=1S/C19H17BrN6OS/c20-14-11-22-18(26-17(14)21-9-10-27)23-12-5-7-13(8-6-12)28-19-24-15-3-1-2-4-16(15)25-19/h1-8,11,27H,9-10H2,(H,24,25)(H2,21,22,23,26). The van der Waals surface area contributed by atoms with Crippen LogP contribution in [-0.2, 0) is 0 Å². The van der Waals surface area contributed by atoms with Gasteiger partial charge in [0.15, 0.2) is 5.16 Å². The van der Waals surface area contributed by atoms with Crippen LogP contribution in [0.15, 0.2) is 69.3 Å². The van der Waals surface area contributed by atoms with Gasteiger partial charge in [-0.25, -0.2) is 9.97 Å². The first-order valence-electron chi connectivity index (χ1n) is 8.58. The number of benzene rings is 2. The second kappa shape index (κ2) is 8.59. The Balaban J connectivity index is 1.44. The molecule has 2 aromatic carbocycles. The fraction of sp³-hybridized carbons (Fsp3) is 0.105. The summed E-state index contributed by atoms with van der Waals surface area (Å²) in [6, 6.07) is 16.0. The number of anilines is 3. The first-order valence-corrected chi connectivity index (χ1v) is 10.2. The molecule has 0 atom stereocenters. The highest BCUT2D eigenvalue weighted by molar-refractivity contribution is 9.10. The molecule has 0 fully saturated rings. The number of aliphatic hydroxyl groups is 1. The van der Waals surface area contributed by atoms with Crippen molar-refractivity contribution in [2.24, 2.45) is 0 Å². The van der Waals surface area contributed by atoms with Gasteiger partial charge < -0.3 is 20.7 Å². The molecule has 9 heteroatoms. The lowest BCUT2D eigenvalue weighted by Crippen LogP contribution is -2.09. The van der Waals surface area contributed by atoms with Gasteiger partial charge in [0.1, 0.15) is 5.82 Å². The van der Waals surface area contributed by atoms with Crippen molar-refractivity contribution in [1.82, 2.24) is 19.9 Å². The summed E-state index contributed by atoms with van der Waals surface area (Å²) in [5.74, 6) is 1.10. The fourth-order valence-electron chi connectivity index (χ4n) is 2.55. The summed E-state index contributed by atoms with van der Waals surface area (Å²) < 4.78 is 0.740. The summed E-state index contributed by atoms with van der Waals surface area (Å²) in [4.78, 5) is 17.6. The number of nitrogens with one attached hydrogen (secondary N) is 3. The Hall–Kier alpha value is -2.62. The number of H-pyrrole nitrogens is 1. The van der Waals surface area contributed by atoms with Crippen molar-refractivity contribution < 1.29 is 5.11 Å². The van der Waals surface area contributed by atoms with E-state index in [1.165, 1.54) is 0 Å². The Kier molecular flexibility index (Phi) is 5.75. The van der Waals surface area contributed by atoms with Crippen molar-refractivity contribution in [3.8, 4) is 0 Å². The third-order valence-corrected chi connectivity index (χ3v) is 5.32. The third kappa shape index (κ3) is 4.44. The lowest BCUT2D eigenvalue weighted by molar-refractivity contribution is 0.311. The highest BCUT2D eigenvalue weighted by Crippen LogP contribution is 2.29. The Bertz CT molecular complexity index is 1050. The van der Waals surface area contributed by atoms with Crippen LogP contribution >= 0.6 is 27.7 Å². The van der Waals surface area contributed by atoms with Crippen LogP contribution < -0.4 is 10.6 Å². The second-order valence-corrected chi connectivity index (χ2v) is 7.77. The van der Waals surface area contributed by atoms with Crippen molar-refractivity contribution in [2.45, 2.75) is 10.1 Å². The molecule has 0 spiro atoms. The van der Waals surface area contributed by atoms with Crippen LogP contribution in [-0.4, -0.2) is 38.2 Å². The van der Waals surface area contributed by atoms with Gasteiger partial charge in [0.05, 0.1) is 22.1 Å². The van der Waals surface area contributed by atoms with Crippen LogP contribution in [0.5, 0.6) is 0 Å². The molecule has 28 heavy (non-hydrogen) atoms. The molecule has 0 aliphatic heterocycles. The normalized spacial score (nSPS) is 10.9. The zero-order chi connectivity index (χ0) is 19.3. The molecule has 7 nitrogen and oxygen atoms in total. The van der Waals surface area contributed by atoms with E-state index in [0.717, 1.165) is 31.2 Å². The maximum Gasteiger partial charge on any atom is 0.229 e. The van der Waals surface area contributed by atoms with E-state index in [1.54, 1.807) is 18.0 Å². The van der Waals surface area contributed by atoms with Crippen molar-refractivity contribution >= 4 is 56.2 Å².